The fraction of sp³-hybridized carbons (Fsp3) is 0.222. The van der Waals surface area contributed by atoms with Gasteiger partial charge < -0.3 is 10.2 Å². The van der Waals surface area contributed by atoms with Crippen molar-refractivity contribution >= 4 is 37.8 Å². The van der Waals surface area contributed by atoms with Crippen molar-refractivity contribution in [3.63, 3.8) is 0 Å². The summed E-state index contributed by atoms with van der Waals surface area (Å²) in [6, 6.07) is 3.46. The number of aliphatic carboxylic acids is 1. The summed E-state index contributed by atoms with van der Waals surface area (Å²) in [4.78, 5) is 10.6. The van der Waals surface area contributed by atoms with Crippen LogP contribution in [0.3, 0.4) is 0 Å². The molecule has 0 aliphatic carbocycles. The summed E-state index contributed by atoms with van der Waals surface area (Å²) in [5.41, 5.74) is 1.11. The lowest BCUT2D eigenvalue weighted by Crippen LogP contribution is -2.12. The maximum Gasteiger partial charge on any atom is 0.337 e. The molecule has 76 valence electrons. The fourth-order valence-electron chi connectivity index (χ4n) is 1.18. The molecule has 0 heterocycles. The first-order valence-corrected chi connectivity index (χ1v) is 5.38. The molecule has 14 heavy (non-hydrogen) atoms. The fourth-order valence-corrected chi connectivity index (χ4v) is 2.84. The highest BCUT2D eigenvalue weighted by molar-refractivity contribution is 9.11. The number of aliphatic hydroxyl groups excluding tert-OH is 1. The summed E-state index contributed by atoms with van der Waals surface area (Å²) in [6.45, 7) is 1.75. The number of aryl methyl sites for hydroxylation is 1. The highest BCUT2D eigenvalue weighted by Crippen LogP contribution is 2.30. The van der Waals surface area contributed by atoms with Gasteiger partial charge in [-0.25, -0.2) is 4.79 Å². The smallest absolute Gasteiger partial charge is 0.337 e. The Morgan fingerprint density at radius 2 is 2.00 bits per heavy atom. The Morgan fingerprint density at radius 3 is 2.43 bits per heavy atom. The first-order valence-electron chi connectivity index (χ1n) is 3.80. The molecule has 0 saturated carbocycles. The predicted molar refractivity (Wildman–Crippen MR) is 59.2 cm³/mol. The van der Waals surface area contributed by atoms with Gasteiger partial charge in [0, 0.05) is 14.5 Å². The second-order valence-electron chi connectivity index (χ2n) is 2.86. The molecule has 0 radical (unpaired) electrons. The summed E-state index contributed by atoms with van der Waals surface area (Å²) < 4.78 is 1.42. The first kappa shape index (κ1) is 11.7. The quantitative estimate of drug-likeness (QED) is 0.879. The molecule has 5 heteroatoms. The van der Waals surface area contributed by atoms with Crippen molar-refractivity contribution < 1.29 is 15.0 Å². The van der Waals surface area contributed by atoms with Gasteiger partial charge in [0.05, 0.1) is 0 Å². The number of carbonyl (C=O) groups is 1. The molecule has 0 spiro atoms. The number of hydrogen-bond acceptors (Lipinski definition) is 2. The largest absolute Gasteiger partial charge is 0.479 e. The van der Waals surface area contributed by atoms with E-state index in [9.17, 15) is 9.90 Å². The van der Waals surface area contributed by atoms with E-state index in [1.807, 2.05) is 0 Å². The molecule has 0 amide bonds. The monoisotopic (exact) mass is 322 g/mol. The number of hydrogen-bond donors (Lipinski definition) is 2. The van der Waals surface area contributed by atoms with Crippen LogP contribution < -0.4 is 0 Å². The Labute approximate surface area is 98.0 Å². The van der Waals surface area contributed by atoms with Crippen molar-refractivity contribution in [3.05, 3.63) is 32.2 Å². The lowest BCUT2D eigenvalue weighted by Gasteiger charge is -2.12. The van der Waals surface area contributed by atoms with Crippen LogP contribution in [0.15, 0.2) is 21.1 Å². The first-order chi connectivity index (χ1) is 6.43. The van der Waals surface area contributed by atoms with E-state index in [0.29, 0.717) is 10.0 Å². The number of carboxylic acids is 1. The zero-order chi connectivity index (χ0) is 10.9. The Kier molecular flexibility index (Phi) is 3.69. The molecule has 1 atom stereocenters. The van der Waals surface area contributed by atoms with E-state index in [1.165, 1.54) is 0 Å². The number of benzene rings is 1. The van der Waals surface area contributed by atoms with Gasteiger partial charge in [-0.3, -0.25) is 0 Å². The lowest BCUT2D eigenvalue weighted by molar-refractivity contribution is -0.147. The highest BCUT2D eigenvalue weighted by atomic mass is 79.9. The van der Waals surface area contributed by atoms with Crippen LogP contribution in [0.25, 0.3) is 0 Å². The molecule has 0 saturated heterocycles. The van der Waals surface area contributed by atoms with Gasteiger partial charge in [-0.15, -0.1) is 0 Å². The van der Waals surface area contributed by atoms with Crippen molar-refractivity contribution in [2.75, 3.05) is 0 Å². The predicted octanol–water partition coefficient (Wildman–Crippen LogP) is 2.64. The van der Waals surface area contributed by atoms with Gasteiger partial charge in [0.25, 0.3) is 0 Å². The second-order valence-corrected chi connectivity index (χ2v) is 4.63. The van der Waals surface area contributed by atoms with Gasteiger partial charge in [0.2, 0.25) is 0 Å². The Hall–Kier alpha value is -0.390. The third-order valence-corrected chi connectivity index (χ3v) is 2.92. The van der Waals surface area contributed by atoms with Gasteiger partial charge in [-0.2, -0.15) is 0 Å². The van der Waals surface area contributed by atoms with E-state index in [-0.39, 0.29) is 0 Å². The van der Waals surface area contributed by atoms with Gasteiger partial charge in [-0.05, 0) is 24.6 Å². The zero-order valence-corrected chi connectivity index (χ0v) is 10.5. The lowest BCUT2D eigenvalue weighted by atomic mass is 10.0. The van der Waals surface area contributed by atoms with E-state index in [2.05, 4.69) is 31.9 Å². The van der Waals surface area contributed by atoms with E-state index in [1.54, 1.807) is 19.1 Å². The van der Waals surface area contributed by atoms with E-state index in [4.69, 9.17) is 5.11 Å². The molecule has 1 unspecified atom stereocenters. The van der Waals surface area contributed by atoms with E-state index >= 15 is 0 Å². The second kappa shape index (κ2) is 4.42. The van der Waals surface area contributed by atoms with Crippen LogP contribution in [-0.2, 0) is 4.79 Å². The number of carboxylic acid groups (broad SMARTS) is 1. The van der Waals surface area contributed by atoms with Crippen molar-refractivity contribution in [2.24, 2.45) is 0 Å². The summed E-state index contributed by atoms with van der Waals surface area (Å²) in [7, 11) is 0. The van der Waals surface area contributed by atoms with Crippen LogP contribution in [0.1, 0.15) is 17.2 Å². The summed E-state index contributed by atoms with van der Waals surface area (Å²) in [6.07, 6.45) is -1.49. The van der Waals surface area contributed by atoms with E-state index < -0.39 is 12.1 Å². The third kappa shape index (κ3) is 2.34. The normalized spacial score (nSPS) is 12.6. The maximum atomic E-state index is 10.6. The van der Waals surface area contributed by atoms with Crippen LogP contribution in [0.2, 0.25) is 0 Å². The van der Waals surface area contributed by atoms with Crippen LogP contribution in [-0.4, -0.2) is 16.2 Å². The molecular formula is C9H8Br2O3. The Bertz CT molecular complexity index is 353. The van der Waals surface area contributed by atoms with Crippen molar-refractivity contribution in [3.8, 4) is 0 Å². The molecule has 0 aliphatic rings. The van der Waals surface area contributed by atoms with Gasteiger partial charge in [0.15, 0.2) is 6.10 Å². The summed E-state index contributed by atoms with van der Waals surface area (Å²) in [5, 5.41) is 18.1. The molecule has 1 aromatic rings. The molecule has 0 bridgehead atoms. The van der Waals surface area contributed by atoms with Gasteiger partial charge in [0.1, 0.15) is 0 Å². The van der Waals surface area contributed by atoms with Crippen molar-refractivity contribution in [2.45, 2.75) is 13.0 Å². The third-order valence-electron chi connectivity index (χ3n) is 1.81. The molecule has 1 rings (SSSR count). The molecular weight excluding hydrogens is 316 g/mol. The van der Waals surface area contributed by atoms with Gasteiger partial charge >= 0.3 is 5.97 Å². The topological polar surface area (TPSA) is 57.5 Å². The van der Waals surface area contributed by atoms with Gasteiger partial charge in [-0.1, -0.05) is 31.9 Å². The number of rotatable bonds is 2. The standard InChI is InChI=1S/C9H8Br2O3/c1-4-2-5(10)3-6(11)7(4)8(12)9(13)14/h2-3,8,12H,1H3,(H,13,14). The van der Waals surface area contributed by atoms with Crippen LogP contribution in [0.4, 0.5) is 0 Å². The van der Waals surface area contributed by atoms with Crippen molar-refractivity contribution in [1.29, 1.82) is 0 Å². The maximum absolute atomic E-state index is 10.6. The minimum Gasteiger partial charge on any atom is -0.479 e. The van der Waals surface area contributed by atoms with E-state index in [0.717, 1.165) is 10.0 Å². The Balaban J connectivity index is 3.27. The van der Waals surface area contributed by atoms with Crippen LogP contribution >= 0.6 is 31.9 Å². The molecule has 3 nitrogen and oxygen atoms in total. The molecule has 1 aromatic carbocycles. The molecule has 2 N–H and O–H groups in total. The summed E-state index contributed by atoms with van der Waals surface area (Å²) in [5.74, 6) is -1.25. The zero-order valence-electron chi connectivity index (χ0n) is 7.29. The minimum atomic E-state index is -1.49. The molecule has 0 aliphatic heterocycles. The minimum absolute atomic E-state index is 0.390. The van der Waals surface area contributed by atoms with Crippen molar-refractivity contribution in [1.82, 2.24) is 0 Å². The average Bonchev–Trinajstić information content (AvgIpc) is 2.01. The Morgan fingerprint density at radius 1 is 1.43 bits per heavy atom. The van der Waals surface area contributed by atoms with Crippen LogP contribution in [0, 0.1) is 6.92 Å². The average molecular weight is 324 g/mol. The molecule has 0 aromatic heterocycles. The molecule has 0 fully saturated rings. The highest BCUT2D eigenvalue weighted by Gasteiger charge is 2.21. The summed E-state index contributed by atoms with van der Waals surface area (Å²) >= 11 is 6.49. The number of halogens is 2. The SMILES string of the molecule is Cc1cc(Br)cc(Br)c1C(O)C(=O)O. The van der Waals surface area contributed by atoms with Crippen LogP contribution in [0.5, 0.6) is 0 Å². The number of aliphatic hydroxyl groups is 1.